The number of nitrogens with one attached hydrogen (secondary N) is 1. The zero-order chi connectivity index (χ0) is 12.3. The van der Waals surface area contributed by atoms with E-state index in [0.717, 1.165) is 4.99 Å². The molecule has 0 radical (unpaired) electrons. The van der Waals surface area contributed by atoms with Crippen molar-refractivity contribution in [3.63, 3.8) is 0 Å². The van der Waals surface area contributed by atoms with Crippen molar-refractivity contribution in [1.82, 2.24) is 5.32 Å². The molecule has 1 aromatic heterocycles. The Morgan fingerprint density at radius 1 is 1.24 bits per heavy atom. The summed E-state index contributed by atoms with van der Waals surface area (Å²) < 4.78 is 0. The zero-order valence-corrected chi connectivity index (χ0v) is 11.6. The van der Waals surface area contributed by atoms with Gasteiger partial charge in [0.25, 0.3) is 0 Å². The monoisotopic (exact) mass is 261 g/mol. The van der Waals surface area contributed by atoms with Crippen molar-refractivity contribution >= 4 is 28.5 Å². The van der Waals surface area contributed by atoms with Crippen LogP contribution in [0.2, 0.25) is 0 Å². The Morgan fingerprint density at radius 3 is 2.53 bits per heavy atom. The van der Waals surface area contributed by atoms with Crippen LogP contribution in [0.5, 0.6) is 0 Å². The Morgan fingerprint density at radius 2 is 1.94 bits per heavy atom. The lowest BCUT2D eigenvalue weighted by Gasteiger charge is -2.16. The van der Waals surface area contributed by atoms with Gasteiger partial charge in [-0.05, 0) is 36.4 Å². The van der Waals surface area contributed by atoms with Crippen molar-refractivity contribution in [2.45, 2.75) is 19.9 Å². The summed E-state index contributed by atoms with van der Waals surface area (Å²) in [6.45, 7) is 4.22. The van der Waals surface area contributed by atoms with Crippen molar-refractivity contribution < 1.29 is 0 Å². The molecule has 2 rings (SSSR count). The van der Waals surface area contributed by atoms with Gasteiger partial charge in [-0.15, -0.1) is 11.3 Å². The predicted octanol–water partition coefficient (Wildman–Crippen LogP) is 4.08. The van der Waals surface area contributed by atoms with Crippen LogP contribution in [0, 0.1) is 6.92 Å². The van der Waals surface area contributed by atoms with E-state index in [-0.39, 0.29) is 6.04 Å². The van der Waals surface area contributed by atoms with Crippen LogP contribution in [0.1, 0.15) is 29.0 Å². The van der Waals surface area contributed by atoms with Gasteiger partial charge in [0.15, 0.2) is 0 Å². The number of rotatable bonds is 3. The van der Waals surface area contributed by atoms with E-state index >= 15 is 0 Å². The van der Waals surface area contributed by atoms with Crippen LogP contribution in [0.25, 0.3) is 0 Å². The number of hydrogen-bond donors (Lipinski definition) is 1. The van der Waals surface area contributed by atoms with Gasteiger partial charge in [-0.25, -0.2) is 0 Å². The topological polar surface area (TPSA) is 12.0 Å². The van der Waals surface area contributed by atoms with E-state index in [1.807, 2.05) is 18.2 Å². The van der Waals surface area contributed by atoms with Gasteiger partial charge in [-0.3, -0.25) is 0 Å². The van der Waals surface area contributed by atoms with Crippen LogP contribution in [0.3, 0.4) is 0 Å². The highest BCUT2D eigenvalue weighted by atomic mass is 32.1. The predicted molar refractivity (Wildman–Crippen MR) is 78.7 cm³/mol. The molecule has 0 aliphatic heterocycles. The quantitative estimate of drug-likeness (QED) is 0.835. The second-order valence-electron chi connectivity index (χ2n) is 4.04. The number of thiocarbonyl (C=S) groups is 1. The minimum Gasteiger partial charge on any atom is -0.369 e. The van der Waals surface area contributed by atoms with Crippen LogP contribution >= 0.6 is 23.6 Å². The van der Waals surface area contributed by atoms with Crippen molar-refractivity contribution in [2.75, 3.05) is 0 Å². The highest BCUT2D eigenvalue weighted by molar-refractivity contribution is 7.81. The molecule has 0 spiro atoms. The summed E-state index contributed by atoms with van der Waals surface area (Å²) >= 11 is 7.13. The molecular weight excluding hydrogens is 246 g/mol. The van der Waals surface area contributed by atoms with E-state index in [9.17, 15) is 0 Å². The van der Waals surface area contributed by atoms with Crippen molar-refractivity contribution in [3.05, 3.63) is 57.8 Å². The Labute approximate surface area is 111 Å². The lowest BCUT2D eigenvalue weighted by Crippen LogP contribution is -2.25. The average Bonchev–Trinajstić information content (AvgIpc) is 2.76. The zero-order valence-electron chi connectivity index (χ0n) is 9.94. The van der Waals surface area contributed by atoms with Crippen LogP contribution in [0.15, 0.2) is 41.8 Å². The van der Waals surface area contributed by atoms with Gasteiger partial charge in [0, 0.05) is 6.04 Å². The molecular formula is C14H15NS2. The summed E-state index contributed by atoms with van der Waals surface area (Å²) in [4.78, 5) is 2.01. The summed E-state index contributed by atoms with van der Waals surface area (Å²) in [5.74, 6) is 0. The number of thiophene rings is 1. The van der Waals surface area contributed by atoms with Gasteiger partial charge in [-0.1, -0.05) is 42.5 Å². The molecule has 2 aromatic rings. The Hall–Kier alpha value is -1.19. The number of benzene rings is 1. The Bertz CT molecular complexity index is 502. The fourth-order valence-corrected chi connectivity index (χ4v) is 3.00. The summed E-state index contributed by atoms with van der Waals surface area (Å²) in [7, 11) is 0. The van der Waals surface area contributed by atoms with Gasteiger partial charge in [0.2, 0.25) is 0 Å². The van der Waals surface area contributed by atoms with Crippen LogP contribution < -0.4 is 5.32 Å². The van der Waals surface area contributed by atoms with E-state index in [1.165, 1.54) is 16.0 Å². The third kappa shape index (κ3) is 2.93. The lowest BCUT2D eigenvalue weighted by molar-refractivity contribution is 0.725. The standard InChI is InChI=1S/C14H15NS2/c1-10-8-9-17-13(10)14(16)15-11(2)12-6-4-3-5-7-12/h3-9,11H,1-2H3,(H,15,16). The highest BCUT2D eigenvalue weighted by Gasteiger charge is 2.10. The van der Waals surface area contributed by atoms with Gasteiger partial charge in [0.05, 0.1) is 4.88 Å². The first-order valence-electron chi connectivity index (χ1n) is 5.58. The Kier molecular flexibility index (Phi) is 3.92. The van der Waals surface area contributed by atoms with Gasteiger partial charge in [-0.2, -0.15) is 0 Å². The van der Waals surface area contributed by atoms with E-state index < -0.39 is 0 Å². The molecule has 1 nitrogen and oxygen atoms in total. The maximum atomic E-state index is 5.44. The summed E-state index contributed by atoms with van der Waals surface area (Å²) in [6, 6.07) is 12.7. The molecule has 0 amide bonds. The van der Waals surface area contributed by atoms with E-state index in [0.29, 0.717) is 0 Å². The van der Waals surface area contributed by atoms with E-state index in [4.69, 9.17) is 12.2 Å². The van der Waals surface area contributed by atoms with Crippen molar-refractivity contribution in [2.24, 2.45) is 0 Å². The molecule has 88 valence electrons. The molecule has 0 aliphatic carbocycles. The minimum absolute atomic E-state index is 0.241. The van der Waals surface area contributed by atoms with Crippen LogP contribution in [0.4, 0.5) is 0 Å². The largest absolute Gasteiger partial charge is 0.369 e. The van der Waals surface area contributed by atoms with E-state index in [1.54, 1.807) is 11.3 Å². The van der Waals surface area contributed by atoms with Gasteiger partial charge < -0.3 is 5.32 Å². The van der Waals surface area contributed by atoms with Crippen molar-refractivity contribution in [1.29, 1.82) is 0 Å². The molecule has 1 atom stereocenters. The maximum absolute atomic E-state index is 5.44. The molecule has 1 N–H and O–H groups in total. The molecule has 0 fully saturated rings. The summed E-state index contributed by atoms with van der Waals surface area (Å²) in [5.41, 5.74) is 2.50. The number of aryl methyl sites for hydroxylation is 1. The molecule has 0 bridgehead atoms. The smallest absolute Gasteiger partial charge is 0.117 e. The molecule has 1 unspecified atom stereocenters. The second kappa shape index (κ2) is 5.43. The molecule has 1 heterocycles. The Balaban J connectivity index is 2.08. The fourth-order valence-electron chi connectivity index (χ4n) is 1.69. The third-order valence-electron chi connectivity index (χ3n) is 2.72. The first kappa shape index (κ1) is 12.3. The van der Waals surface area contributed by atoms with Gasteiger partial charge in [0.1, 0.15) is 4.99 Å². The SMILES string of the molecule is Cc1ccsc1C(=S)NC(C)c1ccccc1. The first-order valence-corrected chi connectivity index (χ1v) is 6.87. The molecule has 17 heavy (non-hydrogen) atoms. The summed E-state index contributed by atoms with van der Waals surface area (Å²) in [5, 5.41) is 5.46. The second-order valence-corrected chi connectivity index (χ2v) is 5.36. The normalized spacial score (nSPS) is 12.1. The molecule has 1 aromatic carbocycles. The maximum Gasteiger partial charge on any atom is 0.117 e. The molecule has 0 aliphatic rings. The van der Waals surface area contributed by atoms with Crippen LogP contribution in [-0.2, 0) is 0 Å². The highest BCUT2D eigenvalue weighted by Crippen LogP contribution is 2.18. The molecule has 0 saturated carbocycles. The molecule has 3 heteroatoms. The van der Waals surface area contributed by atoms with Crippen molar-refractivity contribution in [3.8, 4) is 0 Å². The first-order chi connectivity index (χ1) is 8.18. The van der Waals surface area contributed by atoms with E-state index in [2.05, 4.69) is 42.7 Å². The summed E-state index contributed by atoms with van der Waals surface area (Å²) in [6.07, 6.45) is 0. The molecule has 0 saturated heterocycles. The van der Waals surface area contributed by atoms with Gasteiger partial charge >= 0.3 is 0 Å². The number of hydrogen-bond acceptors (Lipinski definition) is 2. The minimum atomic E-state index is 0.241. The average molecular weight is 261 g/mol. The van der Waals surface area contributed by atoms with Crippen LogP contribution in [-0.4, -0.2) is 4.99 Å². The lowest BCUT2D eigenvalue weighted by atomic mass is 10.1. The fraction of sp³-hybridized carbons (Fsp3) is 0.214. The third-order valence-corrected chi connectivity index (χ3v) is 4.20.